The largest absolute Gasteiger partial charge is 0.371 e. The minimum Gasteiger partial charge on any atom is -0.371 e. The fourth-order valence-electron chi connectivity index (χ4n) is 3.28. The Hall–Kier alpha value is 0.440. The van der Waals surface area contributed by atoms with Gasteiger partial charge in [-0.25, -0.2) is 0 Å². The number of halogens is 1. The van der Waals surface area contributed by atoms with Gasteiger partial charge in [-0.3, -0.25) is 0 Å². The number of ether oxygens (including phenoxy) is 1. The topological polar surface area (TPSA) is 9.23 Å². The van der Waals surface area contributed by atoms with Gasteiger partial charge in [0.05, 0.1) is 11.7 Å². The van der Waals surface area contributed by atoms with E-state index in [1.165, 1.54) is 64.2 Å². The lowest BCUT2D eigenvalue weighted by atomic mass is 9.80. The van der Waals surface area contributed by atoms with Crippen LogP contribution in [0.2, 0.25) is 0 Å². The van der Waals surface area contributed by atoms with Crippen molar-refractivity contribution < 1.29 is 4.74 Å². The van der Waals surface area contributed by atoms with Crippen LogP contribution in [0.1, 0.15) is 71.1 Å². The van der Waals surface area contributed by atoms with Crippen molar-refractivity contribution in [1.29, 1.82) is 0 Å². The van der Waals surface area contributed by atoms with Crippen LogP contribution in [0.3, 0.4) is 0 Å². The Kier molecular flexibility index (Phi) is 5.35. The summed E-state index contributed by atoms with van der Waals surface area (Å²) in [4.78, 5) is 0. The zero-order chi connectivity index (χ0) is 12.1. The summed E-state index contributed by atoms with van der Waals surface area (Å²) in [6, 6.07) is 0. The summed E-state index contributed by atoms with van der Waals surface area (Å²) in [5, 5.41) is 1.03. The molecule has 0 heterocycles. The molecule has 0 aromatic heterocycles. The second-order valence-electron chi connectivity index (χ2n) is 6.23. The molecule has 0 N–H and O–H groups in total. The third kappa shape index (κ3) is 3.96. The summed E-state index contributed by atoms with van der Waals surface area (Å²) in [5.74, 6) is 0.903. The van der Waals surface area contributed by atoms with E-state index in [-0.39, 0.29) is 5.60 Å². The first-order valence-electron chi connectivity index (χ1n) is 7.48. The van der Waals surface area contributed by atoms with E-state index >= 15 is 0 Å². The molecule has 100 valence electrons. The van der Waals surface area contributed by atoms with Crippen LogP contribution in [-0.4, -0.2) is 17.0 Å². The Balaban J connectivity index is 1.89. The highest BCUT2D eigenvalue weighted by Gasteiger charge is 2.36. The zero-order valence-corrected chi connectivity index (χ0v) is 12.8. The quantitative estimate of drug-likeness (QED) is 0.522. The summed E-state index contributed by atoms with van der Waals surface area (Å²) >= 11 is 3.71. The van der Waals surface area contributed by atoms with E-state index in [1.54, 1.807) is 0 Å². The van der Waals surface area contributed by atoms with Crippen molar-refractivity contribution in [3.63, 3.8) is 0 Å². The maximum Gasteiger partial charge on any atom is 0.0782 e. The van der Waals surface area contributed by atoms with Gasteiger partial charge < -0.3 is 4.74 Å². The van der Waals surface area contributed by atoms with Gasteiger partial charge in [0.15, 0.2) is 0 Å². The Morgan fingerprint density at radius 2 is 1.59 bits per heavy atom. The lowest BCUT2D eigenvalue weighted by Gasteiger charge is -2.40. The van der Waals surface area contributed by atoms with Crippen LogP contribution in [0, 0.1) is 5.92 Å². The average molecular weight is 303 g/mol. The Morgan fingerprint density at radius 1 is 1.00 bits per heavy atom. The molecule has 0 aliphatic heterocycles. The normalized spacial score (nSPS) is 36.7. The molecular weight excluding hydrogens is 276 g/mol. The molecule has 0 radical (unpaired) electrons. The maximum absolute atomic E-state index is 6.55. The van der Waals surface area contributed by atoms with E-state index in [0.717, 1.165) is 11.2 Å². The van der Waals surface area contributed by atoms with Crippen molar-refractivity contribution in [3.8, 4) is 0 Å². The molecule has 0 saturated heterocycles. The molecule has 2 saturated carbocycles. The SMILES string of the molecule is CC1CCC(CBr)(OC2CCCCCC2)CC1. The van der Waals surface area contributed by atoms with E-state index in [0.29, 0.717) is 6.10 Å². The highest BCUT2D eigenvalue weighted by Crippen LogP contribution is 2.38. The van der Waals surface area contributed by atoms with Gasteiger partial charge >= 0.3 is 0 Å². The smallest absolute Gasteiger partial charge is 0.0782 e. The monoisotopic (exact) mass is 302 g/mol. The standard InChI is InChI=1S/C15H27BrO/c1-13-8-10-15(12-16,11-9-13)17-14-6-4-2-3-5-7-14/h13-14H,2-12H2,1H3. The molecule has 0 amide bonds. The molecule has 0 spiro atoms. The number of alkyl halides is 1. The van der Waals surface area contributed by atoms with Crippen LogP contribution in [0.4, 0.5) is 0 Å². The van der Waals surface area contributed by atoms with Crippen molar-refractivity contribution in [1.82, 2.24) is 0 Å². The molecule has 2 fully saturated rings. The second kappa shape index (κ2) is 6.56. The highest BCUT2D eigenvalue weighted by molar-refractivity contribution is 9.09. The van der Waals surface area contributed by atoms with Crippen molar-refractivity contribution in [2.24, 2.45) is 5.92 Å². The summed E-state index contributed by atoms with van der Waals surface area (Å²) in [6.45, 7) is 2.38. The predicted molar refractivity (Wildman–Crippen MR) is 76.7 cm³/mol. The summed E-state index contributed by atoms with van der Waals surface area (Å²) in [7, 11) is 0. The van der Waals surface area contributed by atoms with Gasteiger partial charge in [0.1, 0.15) is 0 Å². The molecule has 1 nitrogen and oxygen atoms in total. The number of rotatable bonds is 3. The van der Waals surface area contributed by atoms with Gasteiger partial charge in [0.25, 0.3) is 0 Å². The van der Waals surface area contributed by atoms with Crippen molar-refractivity contribution >= 4 is 15.9 Å². The first kappa shape index (κ1) is 13.9. The maximum atomic E-state index is 6.55. The molecule has 0 bridgehead atoms. The van der Waals surface area contributed by atoms with Crippen LogP contribution in [0.5, 0.6) is 0 Å². The van der Waals surface area contributed by atoms with Crippen LogP contribution in [0.15, 0.2) is 0 Å². The molecule has 2 heteroatoms. The first-order chi connectivity index (χ1) is 8.24. The van der Waals surface area contributed by atoms with Gasteiger partial charge in [-0.05, 0) is 44.4 Å². The minimum absolute atomic E-state index is 0.168. The number of hydrogen-bond acceptors (Lipinski definition) is 1. The summed E-state index contributed by atoms with van der Waals surface area (Å²) in [6.07, 6.45) is 13.9. The average Bonchev–Trinajstić information content (AvgIpc) is 2.61. The van der Waals surface area contributed by atoms with E-state index < -0.39 is 0 Å². The van der Waals surface area contributed by atoms with Crippen molar-refractivity contribution in [2.45, 2.75) is 82.8 Å². The van der Waals surface area contributed by atoms with Gasteiger partial charge in [0.2, 0.25) is 0 Å². The van der Waals surface area contributed by atoms with Crippen LogP contribution >= 0.6 is 15.9 Å². The fourth-order valence-corrected chi connectivity index (χ4v) is 3.98. The van der Waals surface area contributed by atoms with E-state index in [9.17, 15) is 0 Å². The third-order valence-corrected chi connectivity index (χ3v) is 5.67. The molecule has 0 atom stereocenters. The Bertz CT molecular complexity index is 213. The third-order valence-electron chi connectivity index (χ3n) is 4.65. The first-order valence-corrected chi connectivity index (χ1v) is 8.60. The molecule has 17 heavy (non-hydrogen) atoms. The lowest BCUT2D eigenvalue weighted by Crippen LogP contribution is -2.41. The highest BCUT2D eigenvalue weighted by atomic mass is 79.9. The van der Waals surface area contributed by atoms with Gasteiger partial charge in [0, 0.05) is 5.33 Å². The molecular formula is C15H27BrO. The Morgan fingerprint density at radius 3 is 2.12 bits per heavy atom. The van der Waals surface area contributed by atoms with Crippen LogP contribution in [0.25, 0.3) is 0 Å². The van der Waals surface area contributed by atoms with Crippen molar-refractivity contribution in [3.05, 3.63) is 0 Å². The molecule has 0 aromatic rings. The van der Waals surface area contributed by atoms with E-state index in [1.807, 2.05) is 0 Å². The summed E-state index contributed by atoms with van der Waals surface area (Å²) in [5.41, 5.74) is 0.168. The van der Waals surface area contributed by atoms with Gasteiger partial charge in [-0.15, -0.1) is 0 Å². The predicted octanol–water partition coefficient (Wildman–Crippen LogP) is 5.07. The molecule has 2 aliphatic carbocycles. The number of hydrogen-bond donors (Lipinski definition) is 0. The molecule has 0 aromatic carbocycles. The van der Waals surface area contributed by atoms with Crippen LogP contribution < -0.4 is 0 Å². The minimum atomic E-state index is 0.168. The second-order valence-corrected chi connectivity index (χ2v) is 6.79. The molecule has 2 rings (SSSR count). The summed E-state index contributed by atoms with van der Waals surface area (Å²) < 4.78 is 6.55. The van der Waals surface area contributed by atoms with Gasteiger partial charge in [-0.1, -0.05) is 48.5 Å². The zero-order valence-electron chi connectivity index (χ0n) is 11.2. The van der Waals surface area contributed by atoms with Gasteiger partial charge in [-0.2, -0.15) is 0 Å². The van der Waals surface area contributed by atoms with Crippen molar-refractivity contribution in [2.75, 3.05) is 5.33 Å². The van der Waals surface area contributed by atoms with Crippen LogP contribution in [-0.2, 0) is 4.74 Å². The van der Waals surface area contributed by atoms with E-state index in [4.69, 9.17) is 4.74 Å². The Labute approximate surface area is 115 Å². The lowest BCUT2D eigenvalue weighted by molar-refractivity contribution is -0.107. The molecule has 0 unspecified atom stereocenters. The van der Waals surface area contributed by atoms with E-state index in [2.05, 4.69) is 22.9 Å². The fraction of sp³-hybridized carbons (Fsp3) is 1.00. The molecule has 2 aliphatic rings.